The molecule has 0 aliphatic carbocycles. The van der Waals surface area contributed by atoms with Gasteiger partial charge < -0.3 is 39.0 Å². The van der Waals surface area contributed by atoms with E-state index in [1.807, 2.05) is 6.08 Å². The van der Waals surface area contributed by atoms with Crippen LogP contribution in [-0.2, 0) is 42.9 Å². The van der Waals surface area contributed by atoms with E-state index in [9.17, 15) is 34.5 Å². The van der Waals surface area contributed by atoms with Crippen molar-refractivity contribution in [3.63, 3.8) is 0 Å². The second-order valence-electron chi connectivity index (χ2n) is 22.0. The molecule has 0 aromatic carbocycles. The van der Waals surface area contributed by atoms with E-state index in [1.165, 1.54) is 148 Å². The summed E-state index contributed by atoms with van der Waals surface area (Å²) in [5.41, 5.74) is 0. The molecule has 456 valence electrons. The monoisotopic (exact) mass is 1110 g/mol. The normalized spacial score (nSPS) is 18.2. The Bertz CT molecular complexity index is 1600. The fourth-order valence-electron chi connectivity index (χ4n) is 9.70. The van der Waals surface area contributed by atoms with Crippen molar-refractivity contribution in [1.29, 1.82) is 0 Å². The van der Waals surface area contributed by atoms with E-state index in [0.717, 1.165) is 77.0 Å². The summed E-state index contributed by atoms with van der Waals surface area (Å²) in [4.78, 5) is 51.3. The molecule has 0 bridgehead atoms. The first-order valence-corrected chi connectivity index (χ1v) is 32.3. The molecule has 0 aromatic heterocycles. The Kier molecular flexibility index (Phi) is 51.1. The number of ether oxygens (including phenoxy) is 5. The van der Waals surface area contributed by atoms with E-state index < -0.39 is 67.3 Å². The smallest absolute Gasteiger partial charge is 0.335 e. The van der Waals surface area contributed by atoms with Gasteiger partial charge in [-0.3, -0.25) is 14.4 Å². The van der Waals surface area contributed by atoms with Crippen LogP contribution in [0, 0.1) is 0 Å². The molecular weight excluding hydrogens is 997 g/mol. The molecule has 12 nitrogen and oxygen atoms in total. The third-order valence-electron chi connectivity index (χ3n) is 14.6. The Morgan fingerprint density at radius 2 is 0.797 bits per heavy atom. The van der Waals surface area contributed by atoms with Gasteiger partial charge in [-0.2, -0.15) is 0 Å². The molecule has 1 fully saturated rings. The molecule has 0 amide bonds. The Morgan fingerprint density at radius 1 is 0.430 bits per heavy atom. The van der Waals surface area contributed by atoms with Crippen LogP contribution in [0.1, 0.15) is 290 Å². The topological polar surface area (TPSA) is 175 Å². The highest BCUT2D eigenvalue weighted by atomic mass is 16.7. The standard InChI is InChI=1S/C67H116O12/c1-4-7-10-13-16-19-22-25-28-30-33-35-38-41-44-47-50-53-59(68)75-56-58(77-60(69)54-51-48-45-42-39-37-34-31-29-26-23-20-17-14-11-8-5-2)57-76-67-65(63(72)62(71)64(79-67)66(73)74)78-61(70)55-52-49-46-43-40-36-32-27-24-21-18-15-12-9-6-3/h7,10,16,19,25,28,33,35,41,44,58,62-65,67,71-72H,4-6,8-9,11-15,17-18,20-24,26-27,29-32,34,36-40,42-43,45-57H2,1-3H3,(H,73,74)/b10-7-,19-16-,28-25-,35-33-,44-41-. The van der Waals surface area contributed by atoms with E-state index in [-0.39, 0.29) is 25.9 Å². The zero-order chi connectivity index (χ0) is 57.5. The highest BCUT2D eigenvalue weighted by Crippen LogP contribution is 2.27. The maximum atomic E-state index is 13.2. The molecule has 3 N–H and O–H groups in total. The van der Waals surface area contributed by atoms with Gasteiger partial charge in [-0.05, 0) is 57.8 Å². The molecular formula is C67H116O12. The zero-order valence-electron chi connectivity index (χ0n) is 50.4. The molecule has 0 spiro atoms. The Labute approximate surface area is 481 Å². The molecule has 0 aromatic rings. The number of unbranched alkanes of at least 4 members (excludes halogenated alkanes) is 31. The lowest BCUT2D eigenvalue weighted by atomic mass is 9.98. The molecule has 1 saturated heterocycles. The van der Waals surface area contributed by atoms with E-state index in [1.54, 1.807) is 0 Å². The predicted molar refractivity (Wildman–Crippen MR) is 322 cm³/mol. The van der Waals surface area contributed by atoms with Crippen LogP contribution in [0.2, 0.25) is 0 Å². The van der Waals surface area contributed by atoms with Gasteiger partial charge in [0.15, 0.2) is 24.6 Å². The van der Waals surface area contributed by atoms with Crippen molar-refractivity contribution >= 4 is 23.9 Å². The lowest BCUT2D eigenvalue weighted by molar-refractivity contribution is -0.301. The summed E-state index contributed by atoms with van der Waals surface area (Å²) in [7, 11) is 0. The second-order valence-corrected chi connectivity index (χ2v) is 22.0. The van der Waals surface area contributed by atoms with Crippen LogP contribution in [-0.4, -0.2) is 89.2 Å². The summed E-state index contributed by atoms with van der Waals surface area (Å²) in [6.45, 7) is 5.87. The summed E-state index contributed by atoms with van der Waals surface area (Å²) in [5, 5.41) is 31.6. The first kappa shape index (κ1) is 73.4. The molecule has 6 atom stereocenters. The molecule has 6 unspecified atom stereocenters. The average molecular weight is 1110 g/mol. The fraction of sp³-hybridized carbons (Fsp3) is 0.791. The number of hydrogen-bond acceptors (Lipinski definition) is 11. The summed E-state index contributed by atoms with van der Waals surface area (Å²) < 4.78 is 28.5. The van der Waals surface area contributed by atoms with Gasteiger partial charge in [-0.15, -0.1) is 0 Å². The minimum atomic E-state index is -1.91. The van der Waals surface area contributed by atoms with E-state index in [4.69, 9.17) is 23.7 Å². The maximum Gasteiger partial charge on any atom is 0.335 e. The van der Waals surface area contributed by atoms with Gasteiger partial charge in [-0.25, -0.2) is 4.79 Å². The SMILES string of the molecule is CC/C=C\C/C=C\C/C=C\C/C=C\C/C=C\CCCC(=O)OCC(COC1OC(C(=O)O)C(O)C(O)C1OC(=O)CCCCCCCCCCCCCCCCC)OC(=O)CCCCCCCCCCCCCCCCCCC. The van der Waals surface area contributed by atoms with Gasteiger partial charge in [0, 0.05) is 19.3 Å². The van der Waals surface area contributed by atoms with Crippen LogP contribution >= 0.6 is 0 Å². The second kappa shape index (κ2) is 55.0. The van der Waals surface area contributed by atoms with Gasteiger partial charge >= 0.3 is 23.9 Å². The third-order valence-corrected chi connectivity index (χ3v) is 14.6. The number of hydrogen-bond donors (Lipinski definition) is 3. The Morgan fingerprint density at radius 3 is 1.20 bits per heavy atom. The quantitative estimate of drug-likeness (QED) is 0.0228. The fourth-order valence-corrected chi connectivity index (χ4v) is 9.70. The molecule has 0 saturated carbocycles. The number of aliphatic carboxylic acids is 1. The maximum absolute atomic E-state index is 13.2. The largest absolute Gasteiger partial charge is 0.479 e. The van der Waals surface area contributed by atoms with Crippen molar-refractivity contribution in [3.8, 4) is 0 Å². The molecule has 0 radical (unpaired) electrons. The summed E-state index contributed by atoms with van der Waals surface area (Å²) >= 11 is 0. The van der Waals surface area contributed by atoms with Crippen LogP contribution in [0.15, 0.2) is 60.8 Å². The Balaban J connectivity index is 2.69. The summed E-state index contributed by atoms with van der Waals surface area (Å²) in [5.74, 6) is -3.17. The number of carbonyl (C=O) groups excluding carboxylic acids is 3. The molecule has 1 heterocycles. The van der Waals surface area contributed by atoms with Crippen molar-refractivity contribution < 1.29 is 58.2 Å². The number of allylic oxidation sites excluding steroid dienone is 10. The van der Waals surface area contributed by atoms with Gasteiger partial charge in [0.05, 0.1) is 6.61 Å². The van der Waals surface area contributed by atoms with Crippen LogP contribution in [0.4, 0.5) is 0 Å². The number of aliphatic hydroxyl groups is 2. The highest BCUT2D eigenvalue weighted by molar-refractivity contribution is 5.74. The summed E-state index contributed by atoms with van der Waals surface area (Å²) in [6.07, 6.45) is 56.2. The minimum absolute atomic E-state index is 0.0588. The summed E-state index contributed by atoms with van der Waals surface area (Å²) in [6, 6.07) is 0. The van der Waals surface area contributed by atoms with E-state index in [2.05, 4.69) is 75.5 Å². The Hall–Kier alpha value is -3.58. The number of esters is 3. The van der Waals surface area contributed by atoms with Crippen molar-refractivity contribution in [1.82, 2.24) is 0 Å². The van der Waals surface area contributed by atoms with Crippen LogP contribution < -0.4 is 0 Å². The lowest BCUT2D eigenvalue weighted by Gasteiger charge is -2.40. The van der Waals surface area contributed by atoms with E-state index >= 15 is 0 Å². The molecule has 1 aliphatic heterocycles. The number of carboxylic acids is 1. The van der Waals surface area contributed by atoms with Crippen LogP contribution in [0.3, 0.4) is 0 Å². The van der Waals surface area contributed by atoms with Crippen molar-refractivity contribution in [2.45, 2.75) is 327 Å². The van der Waals surface area contributed by atoms with Gasteiger partial charge in [-0.1, -0.05) is 274 Å². The predicted octanol–water partition coefficient (Wildman–Crippen LogP) is 17.1. The highest BCUT2D eigenvalue weighted by Gasteiger charge is 2.50. The van der Waals surface area contributed by atoms with Crippen LogP contribution in [0.25, 0.3) is 0 Å². The van der Waals surface area contributed by atoms with Gasteiger partial charge in [0.2, 0.25) is 0 Å². The zero-order valence-corrected chi connectivity index (χ0v) is 50.4. The molecule has 12 heteroatoms. The van der Waals surface area contributed by atoms with Crippen LogP contribution in [0.5, 0.6) is 0 Å². The van der Waals surface area contributed by atoms with Gasteiger partial charge in [0.1, 0.15) is 18.8 Å². The average Bonchev–Trinajstić information content (AvgIpc) is 3.46. The number of aliphatic hydroxyl groups excluding tert-OH is 2. The molecule has 1 rings (SSSR count). The first-order chi connectivity index (χ1) is 38.6. The molecule has 79 heavy (non-hydrogen) atoms. The van der Waals surface area contributed by atoms with Crippen molar-refractivity contribution in [3.05, 3.63) is 60.8 Å². The number of carboxylic acid groups (broad SMARTS) is 1. The third kappa shape index (κ3) is 44.7. The van der Waals surface area contributed by atoms with Crippen molar-refractivity contribution in [2.24, 2.45) is 0 Å². The first-order valence-electron chi connectivity index (χ1n) is 32.3. The van der Waals surface area contributed by atoms with Crippen molar-refractivity contribution in [2.75, 3.05) is 13.2 Å². The number of carbonyl (C=O) groups is 4. The lowest BCUT2D eigenvalue weighted by Crippen LogP contribution is -2.61. The van der Waals surface area contributed by atoms with E-state index in [0.29, 0.717) is 25.7 Å². The molecule has 1 aliphatic rings. The minimum Gasteiger partial charge on any atom is -0.479 e. The number of rotatable bonds is 55. The van der Waals surface area contributed by atoms with Gasteiger partial charge in [0.25, 0.3) is 0 Å².